The third kappa shape index (κ3) is 3.62. The van der Waals surface area contributed by atoms with Crippen LogP contribution in [0.15, 0.2) is 54.9 Å². The number of methoxy groups -OCH3 is 1. The van der Waals surface area contributed by atoms with Crippen LogP contribution >= 0.6 is 11.6 Å². The van der Waals surface area contributed by atoms with Crippen LogP contribution in [0.2, 0.25) is 5.02 Å². The second-order valence-corrected chi connectivity index (χ2v) is 6.99. The van der Waals surface area contributed by atoms with E-state index in [1.165, 1.54) is 25.6 Å². The summed E-state index contributed by atoms with van der Waals surface area (Å²) in [6.07, 6.45) is 1.48. The smallest absolute Gasteiger partial charge is 0.161 e. The second-order valence-electron chi connectivity index (χ2n) is 6.58. The molecule has 0 aliphatic carbocycles. The minimum atomic E-state index is 0.0823. The van der Waals surface area contributed by atoms with E-state index in [0.717, 1.165) is 27.6 Å². The highest BCUT2D eigenvalue weighted by atomic mass is 35.5. The van der Waals surface area contributed by atoms with Crippen LogP contribution in [-0.4, -0.2) is 27.3 Å². The van der Waals surface area contributed by atoms with Crippen molar-refractivity contribution in [1.29, 1.82) is 0 Å². The van der Waals surface area contributed by atoms with E-state index in [4.69, 9.17) is 16.3 Å². The zero-order chi connectivity index (χ0) is 20.5. The molecule has 146 valence electrons. The molecule has 0 atom stereocenters. The Morgan fingerprint density at radius 1 is 1.00 bits per heavy atom. The van der Waals surface area contributed by atoms with Crippen LogP contribution in [0.1, 0.15) is 5.56 Å². The van der Waals surface area contributed by atoms with Crippen molar-refractivity contribution in [2.45, 2.75) is 6.92 Å². The summed E-state index contributed by atoms with van der Waals surface area (Å²) >= 11 is 6.24. The molecule has 0 aliphatic heterocycles. The number of aromatic nitrogens is 2. The number of aromatic hydroxyl groups is 2. The van der Waals surface area contributed by atoms with Crippen LogP contribution < -0.4 is 10.1 Å². The van der Waals surface area contributed by atoms with E-state index in [1.54, 1.807) is 18.2 Å². The fourth-order valence-electron chi connectivity index (χ4n) is 3.20. The molecule has 7 heteroatoms. The fraction of sp³-hybridized carbons (Fsp3) is 0.0909. The molecule has 0 bridgehead atoms. The number of rotatable bonds is 4. The predicted molar refractivity (Wildman–Crippen MR) is 114 cm³/mol. The molecule has 0 unspecified atom stereocenters. The van der Waals surface area contributed by atoms with E-state index in [1.807, 2.05) is 25.1 Å². The zero-order valence-electron chi connectivity index (χ0n) is 15.8. The minimum Gasteiger partial charge on any atom is -0.508 e. The number of benzene rings is 3. The molecule has 0 fully saturated rings. The number of fused-ring (bicyclic) bond motifs is 1. The molecule has 4 aromatic rings. The first-order chi connectivity index (χ1) is 14.0. The predicted octanol–water partition coefficient (Wildman–Crippen LogP) is 5.42. The van der Waals surface area contributed by atoms with E-state index in [0.29, 0.717) is 22.3 Å². The number of nitrogens with zero attached hydrogens (tertiary/aromatic N) is 2. The van der Waals surface area contributed by atoms with Crippen LogP contribution in [0.4, 0.5) is 11.5 Å². The van der Waals surface area contributed by atoms with Gasteiger partial charge in [-0.15, -0.1) is 0 Å². The summed E-state index contributed by atoms with van der Waals surface area (Å²) in [6.45, 7) is 2.00. The highest BCUT2D eigenvalue weighted by Gasteiger charge is 2.13. The second kappa shape index (κ2) is 7.48. The van der Waals surface area contributed by atoms with Gasteiger partial charge < -0.3 is 20.3 Å². The molecule has 0 spiro atoms. The number of aryl methyl sites for hydroxylation is 1. The summed E-state index contributed by atoms with van der Waals surface area (Å²) in [5, 5.41) is 24.1. The van der Waals surface area contributed by atoms with Gasteiger partial charge in [-0.25, -0.2) is 9.97 Å². The van der Waals surface area contributed by atoms with Crippen molar-refractivity contribution in [3.8, 4) is 28.4 Å². The van der Waals surface area contributed by atoms with Gasteiger partial charge in [-0.2, -0.15) is 0 Å². The summed E-state index contributed by atoms with van der Waals surface area (Å²) in [7, 11) is 1.51. The number of anilines is 2. The van der Waals surface area contributed by atoms with E-state index in [9.17, 15) is 10.2 Å². The van der Waals surface area contributed by atoms with Crippen molar-refractivity contribution in [2.24, 2.45) is 0 Å². The Morgan fingerprint density at radius 2 is 1.83 bits per heavy atom. The Hall–Kier alpha value is -3.51. The molecule has 0 aliphatic rings. The minimum absolute atomic E-state index is 0.0823. The first-order valence-corrected chi connectivity index (χ1v) is 9.22. The topological polar surface area (TPSA) is 87.5 Å². The third-order valence-electron chi connectivity index (χ3n) is 4.68. The largest absolute Gasteiger partial charge is 0.508 e. The highest BCUT2D eigenvalue weighted by Crippen LogP contribution is 2.36. The van der Waals surface area contributed by atoms with E-state index >= 15 is 0 Å². The zero-order valence-corrected chi connectivity index (χ0v) is 16.5. The van der Waals surface area contributed by atoms with Gasteiger partial charge in [0.15, 0.2) is 11.5 Å². The monoisotopic (exact) mass is 407 g/mol. The Balaban J connectivity index is 1.86. The molecule has 0 amide bonds. The number of nitrogens with one attached hydrogen (secondary N) is 1. The number of hydrogen-bond acceptors (Lipinski definition) is 6. The number of hydrogen-bond donors (Lipinski definition) is 3. The lowest BCUT2D eigenvalue weighted by molar-refractivity contribution is 0.373. The maximum absolute atomic E-state index is 9.89. The van der Waals surface area contributed by atoms with Gasteiger partial charge in [0.25, 0.3) is 0 Å². The lowest BCUT2D eigenvalue weighted by Crippen LogP contribution is -1.98. The summed E-state index contributed by atoms with van der Waals surface area (Å²) in [6, 6.07) is 13.8. The lowest BCUT2D eigenvalue weighted by atomic mass is 9.98. The lowest BCUT2D eigenvalue weighted by Gasteiger charge is -2.14. The van der Waals surface area contributed by atoms with Crippen molar-refractivity contribution in [3.63, 3.8) is 0 Å². The SMILES string of the molecule is COc1cc(-c2cc3c(Nc4cc(O)ccc4Cl)ncnc3cc2C)ccc1O. The molecule has 29 heavy (non-hydrogen) atoms. The van der Waals surface area contributed by atoms with Crippen molar-refractivity contribution in [3.05, 3.63) is 65.4 Å². The number of phenolic OH excluding ortho intramolecular Hbond substituents is 2. The maximum atomic E-state index is 9.89. The molecule has 0 saturated heterocycles. The molecule has 1 heterocycles. The van der Waals surface area contributed by atoms with Crippen molar-refractivity contribution in [1.82, 2.24) is 9.97 Å². The molecule has 6 nitrogen and oxygen atoms in total. The molecular weight excluding hydrogens is 390 g/mol. The number of halogens is 1. The fourth-order valence-corrected chi connectivity index (χ4v) is 3.36. The molecular formula is C22H18ClN3O3. The quantitative estimate of drug-likeness (QED) is 0.418. The number of phenols is 2. The molecule has 0 radical (unpaired) electrons. The molecule has 0 saturated carbocycles. The van der Waals surface area contributed by atoms with Gasteiger partial charge in [0, 0.05) is 11.5 Å². The van der Waals surface area contributed by atoms with Gasteiger partial charge in [0.1, 0.15) is 17.9 Å². The Morgan fingerprint density at radius 3 is 2.62 bits per heavy atom. The standard InChI is InChI=1S/C22H18ClN3O3/c1-12-7-18-16(10-15(12)13-3-6-20(28)21(8-13)29-2)22(25-11-24-18)26-19-9-14(27)4-5-17(19)23/h3-11,27-28H,1-2H3,(H,24,25,26). The Bertz CT molecular complexity index is 1230. The first-order valence-electron chi connectivity index (χ1n) is 8.84. The van der Waals surface area contributed by atoms with Crippen LogP contribution in [0.3, 0.4) is 0 Å². The average molecular weight is 408 g/mol. The van der Waals surface area contributed by atoms with Gasteiger partial charge in [0.05, 0.1) is 23.3 Å². The van der Waals surface area contributed by atoms with E-state index in [2.05, 4.69) is 15.3 Å². The Kier molecular flexibility index (Phi) is 4.86. The normalized spacial score (nSPS) is 10.9. The van der Waals surface area contributed by atoms with Crippen LogP contribution in [0.25, 0.3) is 22.0 Å². The number of ether oxygens (including phenoxy) is 1. The molecule has 4 rings (SSSR count). The summed E-state index contributed by atoms with van der Waals surface area (Å²) in [5.74, 6) is 1.15. The van der Waals surface area contributed by atoms with Gasteiger partial charge in [-0.05, 0) is 60.0 Å². The summed E-state index contributed by atoms with van der Waals surface area (Å²) in [4.78, 5) is 8.73. The average Bonchev–Trinajstić information content (AvgIpc) is 2.71. The van der Waals surface area contributed by atoms with Crippen LogP contribution in [0.5, 0.6) is 17.2 Å². The van der Waals surface area contributed by atoms with E-state index < -0.39 is 0 Å². The van der Waals surface area contributed by atoms with Crippen molar-refractivity contribution < 1.29 is 14.9 Å². The van der Waals surface area contributed by atoms with Gasteiger partial charge >= 0.3 is 0 Å². The van der Waals surface area contributed by atoms with Crippen LogP contribution in [-0.2, 0) is 0 Å². The summed E-state index contributed by atoms with van der Waals surface area (Å²) in [5.41, 5.74) is 4.18. The summed E-state index contributed by atoms with van der Waals surface area (Å²) < 4.78 is 5.24. The van der Waals surface area contributed by atoms with Crippen molar-refractivity contribution in [2.75, 3.05) is 12.4 Å². The van der Waals surface area contributed by atoms with Gasteiger partial charge in [0.2, 0.25) is 0 Å². The highest BCUT2D eigenvalue weighted by molar-refractivity contribution is 6.33. The maximum Gasteiger partial charge on any atom is 0.161 e. The first kappa shape index (κ1) is 18.8. The van der Waals surface area contributed by atoms with E-state index in [-0.39, 0.29) is 11.5 Å². The van der Waals surface area contributed by atoms with Gasteiger partial charge in [-0.1, -0.05) is 17.7 Å². The molecule has 3 N–H and O–H groups in total. The molecule has 3 aromatic carbocycles. The third-order valence-corrected chi connectivity index (χ3v) is 5.00. The molecule has 1 aromatic heterocycles. The van der Waals surface area contributed by atoms with Crippen LogP contribution in [0, 0.1) is 6.92 Å². The van der Waals surface area contributed by atoms with Crippen molar-refractivity contribution >= 4 is 34.0 Å². The van der Waals surface area contributed by atoms with Gasteiger partial charge in [-0.3, -0.25) is 0 Å². The Labute approximate surface area is 172 Å².